The van der Waals surface area contributed by atoms with Gasteiger partial charge in [0.25, 0.3) is 0 Å². The largest absolute Gasteiger partial charge is 0.298 e. The topological polar surface area (TPSA) is 37.1 Å². The van der Waals surface area contributed by atoms with Crippen molar-refractivity contribution in [1.29, 1.82) is 0 Å². The van der Waals surface area contributed by atoms with Crippen LogP contribution in [0.1, 0.15) is 20.8 Å². The molecule has 0 aliphatic heterocycles. The van der Waals surface area contributed by atoms with Crippen LogP contribution < -0.4 is 0 Å². The normalized spacial score (nSPS) is 31.0. The van der Waals surface area contributed by atoms with Crippen molar-refractivity contribution in [2.45, 2.75) is 20.8 Å². The first-order chi connectivity index (χ1) is 7.35. The highest BCUT2D eigenvalue weighted by atomic mass is 14.8. The van der Waals surface area contributed by atoms with Crippen molar-refractivity contribution in [2.75, 3.05) is 19.6 Å². The van der Waals surface area contributed by atoms with Crippen LogP contribution in [0.15, 0.2) is 15.0 Å². The number of hydrogen-bond donors (Lipinski definition) is 0. The molecule has 1 aliphatic carbocycles. The van der Waals surface area contributed by atoms with Gasteiger partial charge in [-0.15, -0.1) is 0 Å². The maximum absolute atomic E-state index is 4.32. The van der Waals surface area contributed by atoms with Crippen molar-refractivity contribution in [3.8, 4) is 0 Å². The fraction of sp³-hybridized carbons (Fsp3) is 0.750. The highest BCUT2D eigenvalue weighted by molar-refractivity contribution is 5.54. The molecule has 3 nitrogen and oxygen atoms in total. The van der Waals surface area contributed by atoms with E-state index in [-0.39, 0.29) is 0 Å². The maximum atomic E-state index is 4.32. The Morgan fingerprint density at radius 2 is 0.933 bits per heavy atom. The Labute approximate surface area is 92.4 Å². The second-order valence-electron chi connectivity index (χ2n) is 3.86. The summed E-state index contributed by atoms with van der Waals surface area (Å²) in [5, 5.41) is 0. The standard InChI is InChI=1S/C12H21N3/c1-4-13-7-10-11(8-14-5-2)12(10)9-15-6-3/h4-6,10-12H,7-9H2,1-3H3. The molecule has 0 unspecified atom stereocenters. The van der Waals surface area contributed by atoms with E-state index in [1.807, 2.05) is 39.4 Å². The lowest BCUT2D eigenvalue weighted by atomic mass is 10.3. The molecule has 0 bridgehead atoms. The predicted octanol–water partition coefficient (Wildman–Crippen LogP) is 2.12. The molecule has 1 rings (SSSR count). The first-order valence-electron chi connectivity index (χ1n) is 5.68. The molecule has 0 aromatic rings. The van der Waals surface area contributed by atoms with E-state index in [0.29, 0.717) is 17.8 Å². The summed E-state index contributed by atoms with van der Waals surface area (Å²) in [7, 11) is 0. The summed E-state index contributed by atoms with van der Waals surface area (Å²) >= 11 is 0. The molecule has 84 valence electrons. The van der Waals surface area contributed by atoms with E-state index in [9.17, 15) is 0 Å². The highest BCUT2D eigenvalue weighted by Crippen LogP contribution is 2.46. The van der Waals surface area contributed by atoms with Crippen LogP contribution in [0.3, 0.4) is 0 Å². The van der Waals surface area contributed by atoms with Crippen LogP contribution in [-0.2, 0) is 0 Å². The van der Waals surface area contributed by atoms with Crippen LogP contribution in [0.4, 0.5) is 0 Å². The van der Waals surface area contributed by atoms with Crippen LogP contribution >= 0.6 is 0 Å². The van der Waals surface area contributed by atoms with Crippen LogP contribution in [0.25, 0.3) is 0 Å². The van der Waals surface area contributed by atoms with Gasteiger partial charge in [0.2, 0.25) is 0 Å². The quantitative estimate of drug-likeness (QED) is 0.598. The van der Waals surface area contributed by atoms with Gasteiger partial charge in [-0.2, -0.15) is 0 Å². The van der Waals surface area contributed by atoms with Crippen LogP contribution in [0.5, 0.6) is 0 Å². The van der Waals surface area contributed by atoms with Crippen LogP contribution in [-0.4, -0.2) is 38.3 Å². The summed E-state index contributed by atoms with van der Waals surface area (Å²) in [6, 6.07) is 0. The van der Waals surface area contributed by atoms with Crippen LogP contribution in [0.2, 0.25) is 0 Å². The lowest BCUT2D eigenvalue weighted by Crippen LogP contribution is -1.91. The summed E-state index contributed by atoms with van der Waals surface area (Å²) in [6.45, 7) is 8.77. The molecule has 0 amide bonds. The summed E-state index contributed by atoms with van der Waals surface area (Å²) in [5.41, 5.74) is 0. The first kappa shape index (κ1) is 12.1. The van der Waals surface area contributed by atoms with Crippen molar-refractivity contribution < 1.29 is 0 Å². The van der Waals surface area contributed by atoms with E-state index >= 15 is 0 Å². The molecular weight excluding hydrogens is 186 g/mol. The van der Waals surface area contributed by atoms with E-state index in [1.165, 1.54) is 0 Å². The Morgan fingerprint density at radius 1 is 0.667 bits per heavy atom. The molecule has 0 atom stereocenters. The molecule has 0 radical (unpaired) electrons. The Bertz CT molecular complexity index is 207. The van der Waals surface area contributed by atoms with E-state index in [1.54, 1.807) is 0 Å². The van der Waals surface area contributed by atoms with Gasteiger partial charge in [0, 0.05) is 19.6 Å². The average Bonchev–Trinajstić information content (AvgIpc) is 2.93. The second-order valence-corrected chi connectivity index (χ2v) is 3.86. The van der Waals surface area contributed by atoms with E-state index < -0.39 is 0 Å². The monoisotopic (exact) mass is 207 g/mol. The number of hydrogen-bond acceptors (Lipinski definition) is 3. The third-order valence-electron chi connectivity index (χ3n) is 3.01. The van der Waals surface area contributed by atoms with Gasteiger partial charge in [-0.3, -0.25) is 15.0 Å². The molecule has 0 saturated heterocycles. The van der Waals surface area contributed by atoms with Gasteiger partial charge in [0.15, 0.2) is 0 Å². The predicted molar refractivity (Wildman–Crippen MR) is 67.6 cm³/mol. The van der Waals surface area contributed by atoms with Crippen molar-refractivity contribution >= 4 is 18.6 Å². The molecular formula is C12H21N3. The van der Waals surface area contributed by atoms with E-state index in [4.69, 9.17) is 0 Å². The second kappa shape index (κ2) is 6.49. The number of rotatable bonds is 6. The maximum Gasteiger partial charge on any atom is 0.0420 e. The van der Waals surface area contributed by atoms with Crippen molar-refractivity contribution in [3.05, 3.63) is 0 Å². The molecule has 15 heavy (non-hydrogen) atoms. The van der Waals surface area contributed by atoms with Gasteiger partial charge in [0.1, 0.15) is 0 Å². The number of aliphatic imine (C=N–C) groups is 3. The molecule has 0 heterocycles. The highest BCUT2D eigenvalue weighted by Gasteiger charge is 2.48. The summed E-state index contributed by atoms with van der Waals surface area (Å²) in [6.07, 6.45) is 5.66. The lowest BCUT2D eigenvalue weighted by Gasteiger charge is -1.90. The Hall–Kier alpha value is -0.990. The zero-order chi connectivity index (χ0) is 11.1. The van der Waals surface area contributed by atoms with E-state index in [2.05, 4.69) is 15.0 Å². The van der Waals surface area contributed by atoms with Crippen molar-refractivity contribution in [3.63, 3.8) is 0 Å². The Balaban J connectivity index is 2.38. The third-order valence-corrected chi connectivity index (χ3v) is 3.01. The number of nitrogens with zero attached hydrogens (tertiary/aromatic N) is 3. The van der Waals surface area contributed by atoms with Gasteiger partial charge >= 0.3 is 0 Å². The zero-order valence-corrected chi connectivity index (χ0v) is 9.93. The Morgan fingerprint density at radius 3 is 1.13 bits per heavy atom. The minimum Gasteiger partial charge on any atom is -0.298 e. The molecule has 0 N–H and O–H groups in total. The fourth-order valence-corrected chi connectivity index (χ4v) is 2.02. The fourth-order valence-electron chi connectivity index (χ4n) is 2.02. The van der Waals surface area contributed by atoms with Crippen molar-refractivity contribution in [1.82, 2.24) is 0 Å². The summed E-state index contributed by atoms with van der Waals surface area (Å²) in [4.78, 5) is 13.0. The summed E-state index contributed by atoms with van der Waals surface area (Å²) < 4.78 is 0. The molecule has 0 aromatic carbocycles. The van der Waals surface area contributed by atoms with Gasteiger partial charge in [-0.1, -0.05) is 0 Å². The third kappa shape index (κ3) is 3.57. The smallest absolute Gasteiger partial charge is 0.0420 e. The van der Waals surface area contributed by atoms with E-state index in [0.717, 1.165) is 19.6 Å². The minimum atomic E-state index is 0.702. The van der Waals surface area contributed by atoms with Gasteiger partial charge in [-0.25, -0.2) is 0 Å². The van der Waals surface area contributed by atoms with Crippen molar-refractivity contribution in [2.24, 2.45) is 32.7 Å². The van der Waals surface area contributed by atoms with Gasteiger partial charge < -0.3 is 0 Å². The Kier molecular flexibility index (Phi) is 5.22. The minimum absolute atomic E-state index is 0.702. The molecule has 3 heteroatoms. The van der Waals surface area contributed by atoms with Gasteiger partial charge in [-0.05, 0) is 57.2 Å². The first-order valence-corrected chi connectivity index (χ1v) is 5.68. The zero-order valence-electron chi connectivity index (χ0n) is 9.93. The van der Waals surface area contributed by atoms with Crippen LogP contribution in [0, 0.1) is 17.8 Å². The molecule has 1 fully saturated rings. The molecule has 0 aromatic heterocycles. The molecule has 1 aliphatic rings. The average molecular weight is 207 g/mol. The molecule has 0 spiro atoms. The molecule has 1 saturated carbocycles. The lowest BCUT2D eigenvalue weighted by molar-refractivity contribution is 0.719. The SMILES string of the molecule is CC=NCC1C(CN=CC)C1CN=CC. The summed E-state index contributed by atoms with van der Waals surface area (Å²) in [5.74, 6) is 2.11. The van der Waals surface area contributed by atoms with Gasteiger partial charge in [0.05, 0.1) is 0 Å².